The van der Waals surface area contributed by atoms with Crippen LogP contribution < -0.4 is 0 Å². The highest BCUT2D eigenvalue weighted by Gasteiger charge is 2.30. The molecule has 162 valence electrons. The lowest BCUT2D eigenvalue weighted by Gasteiger charge is -2.36. The Bertz CT molecular complexity index is 760. The summed E-state index contributed by atoms with van der Waals surface area (Å²) in [6.07, 6.45) is 7.34. The zero-order chi connectivity index (χ0) is 20.7. The molecule has 7 nitrogen and oxygen atoms in total. The molecule has 0 bridgehead atoms. The zero-order valence-electron chi connectivity index (χ0n) is 15.4. The van der Waals surface area contributed by atoms with Gasteiger partial charge in [0.1, 0.15) is 0 Å². The van der Waals surface area contributed by atoms with E-state index in [0.29, 0.717) is 52.2 Å². The molecule has 13 heteroatoms. The van der Waals surface area contributed by atoms with Gasteiger partial charge < -0.3 is 0 Å². The van der Waals surface area contributed by atoms with Gasteiger partial charge in [0.25, 0.3) is 0 Å². The molecule has 0 heterocycles. The van der Waals surface area contributed by atoms with Crippen LogP contribution in [0.1, 0.15) is 38.5 Å². The second-order valence-electron chi connectivity index (χ2n) is 6.87. The summed E-state index contributed by atoms with van der Waals surface area (Å²) in [5.74, 6) is 2.36. The van der Waals surface area contributed by atoms with Gasteiger partial charge in [0.05, 0.1) is 0 Å². The summed E-state index contributed by atoms with van der Waals surface area (Å²) >= 11 is 0. The van der Waals surface area contributed by atoms with Crippen LogP contribution in [-0.2, 0) is 26.9 Å². The summed E-state index contributed by atoms with van der Waals surface area (Å²) in [6, 6.07) is 0. The van der Waals surface area contributed by atoms with Crippen LogP contribution >= 0.6 is 32.4 Å². The Labute approximate surface area is 174 Å². The molecule has 0 aromatic rings. The maximum atomic E-state index is 11.3. The van der Waals surface area contributed by atoms with Gasteiger partial charge in [-0.3, -0.25) is 4.55 Å². The summed E-state index contributed by atoms with van der Waals surface area (Å²) in [4.78, 5) is 0. The molecule has 0 saturated heterocycles. The summed E-state index contributed by atoms with van der Waals surface area (Å²) in [7, 11) is -7.75. The Morgan fingerprint density at radius 3 is 1.70 bits per heavy atom. The van der Waals surface area contributed by atoms with Gasteiger partial charge in [-0.2, -0.15) is 8.42 Å². The standard InChI is InChI=1S/C14H28O7S6/c1-25(15,16)22-9-6-13-4-3-12(5-8-24-27(19,20)21)11-14(13)7-10-23-26(2,17)18/h12-14H,3-11H2,1-2H3,(H,19,20,21). The van der Waals surface area contributed by atoms with Crippen LogP contribution in [0.3, 0.4) is 0 Å². The highest BCUT2D eigenvalue weighted by atomic mass is 33.2. The molecular weight excluding hydrogens is 473 g/mol. The van der Waals surface area contributed by atoms with Gasteiger partial charge >= 0.3 is 9.15 Å². The highest BCUT2D eigenvalue weighted by molar-refractivity contribution is 8.72. The van der Waals surface area contributed by atoms with Gasteiger partial charge in [-0.25, -0.2) is 16.8 Å². The molecular formula is C14H28O7S6. The van der Waals surface area contributed by atoms with Crippen LogP contribution in [0, 0.1) is 17.8 Å². The maximum Gasteiger partial charge on any atom is 0.319 e. The molecule has 1 rings (SSSR count). The monoisotopic (exact) mass is 500 g/mol. The average molecular weight is 501 g/mol. The van der Waals surface area contributed by atoms with Crippen LogP contribution in [0.2, 0.25) is 0 Å². The van der Waals surface area contributed by atoms with E-state index in [4.69, 9.17) is 4.55 Å². The zero-order valence-corrected chi connectivity index (χ0v) is 20.3. The Morgan fingerprint density at radius 2 is 1.22 bits per heavy atom. The second kappa shape index (κ2) is 11.3. The van der Waals surface area contributed by atoms with Crippen LogP contribution in [0.15, 0.2) is 0 Å². The summed E-state index contributed by atoms with van der Waals surface area (Å²) in [5, 5.41) is 0. The van der Waals surface area contributed by atoms with Crippen LogP contribution in [0.25, 0.3) is 0 Å². The molecule has 0 aliphatic heterocycles. The van der Waals surface area contributed by atoms with Gasteiger partial charge in [0.15, 0.2) is 17.7 Å². The molecule has 0 radical (unpaired) electrons. The molecule has 0 aromatic heterocycles. The number of hydrogen-bond donors (Lipinski definition) is 1. The summed E-state index contributed by atoms with van der Waals surface area (Å²) < 4.78 is 75.8. The van der Waals surface area contributed by atoms with E-state index in [1.807, 2.05) is 0 Å². The van der Waals surface area contributed by atoms with Crippen molar-refractivity contribution < 1.29 is 29.8 Å². The fourth-order valence-electron chi connectivity index (χ4n) is 3.44. The Morgan fingerprint density at radius 1 is 0.741 bits per heavy atom. The van der Waals surface area contributed by atoms with Crippen LogP contribution in [0.4, 0.5) is 0 Å². The van der Waals surface area contributed by atoms with Crippen molar-refractivity contribution in [3.05, 3.63) is 0 Å². The Kier molecular flexibility index (Phi) is 10.8. The molecule has 0 amide bonds. The first-order chi connectivity index (χ1) is 12.3. The lowest BCUT2D eigenvalue weighted by atomic mass is 9.71. The topological polar surface area (TPSA) is 123 Å². The average Bonchev–Trinajstić information content (AvgIpc) is 2.45. The van der Waals surface area contributed by atoms with E-state index in [9.17, 15) is 25.3 Å². The molecule has 3 atom stereocenters. The van der Waals surface area contributed by atoms with E-state index in [0.717, 1.165) is 53.7 Å². The van der Waals surface area contributed by atoms with Crippen molar-refractivity contribution in [2.24, 2.45) is 17.8 Å². The molecule has 1 fully saturated rings. The number of rotatable bonds is 12. The molecule has 1 aliphatic rings. The van der Waals surface area contributed by atoms with E-state index in [-0.39, 0.29) is 0 Å². The van der Waals surface area contributed by atoms with Crippen molar-refractivity contribution in [1.82, 2.24) is 0 Å². The highest BCUT2D eigenvalue weighted by Crippen LogP contribution is 2.41. The minimum Gasteiger partial charge on any atom is -0.277 e. The molecule has 1 aliphatic carbocycles. The van der Waals surface area contributed by atoms with E-state index in [2.05, 4.69) is 0 Å². The minimum atomic E-state index is -4.02. The molecule has 0 spiro atoms. The Balaban J connectivity index is 2.59. The maximum absolute atomic E-state index is 11.3. The molecule has 1 saturated carbocycles. The smallest absolute Gasteiger partial charge is 0.277 e. The van der Waals surface area contributed by atoms with Crippen molar-refractivity contribution in [3.8, 4) is 0 Å². The quantitative estimate of drug-likeness (QED) is 0.316. The van der Waals surface area contributed by atoms with Gasteiger partial charge in [0, 0.05) is 29.8 Å². The van der Waals surface area contributed by atoms with E-state index < -0.39 is 26.9 Å². The van der Waals surface area contributed by atoms with Crippen molar-refractivity contribution in [1.29, 1.82) is 0 Å². The van der Waals surface area contributed by atoms with Gasteiger partial charge in [-0.05, 0) is 82.2 Å². The van der Waals surface area contributed by atoms with Crippen LogP contribution in [-0.4, -0.2) is 59.6 Å². The third-order valence-corrected chi connectivity index (χ3v) is 11.9. The lowest BCUT2D eigenvalue weighted by molar-refractivity contribution is 0.169. The van der Waals surface area contributed by atoms with Crippen molar-refractivity contribution in [3.63, 3.8) is 0 Å². The first-order valence-electron chi connectivity index (χ1n) is 8.56. The van der Waals surface area contributed by atoms with Crippen molar-refractivity contribution in [2.45, 2.75) is 38.5 Å². The predicted molar refractivity (Wildman–Crippen MR) is 117 cm³/mol. The SMILES string of the molecule is CS(=O)(=O)SCCC1CCC(CCSS(=O)(=O)O)CC1CCSS(C)(=O)=O. The third kappa shape index (κ3) is 13.7. The minimum absolute atomic E-state index is 0.300. The van der Waals surface area contributed by atoms with Crippen molar-refractivity contribution in [2.75, 3.05) is 29.8 Å². The lowest BCUT2D eigenvalue weighted by Crippen LogP contribution is -2.26. The largest absolute Gasteiger partial charge is 0.319 e. The fourth-order valence-corrected chi connectivity index (χ4v) is 8.80. The van der Waals surface area contributed by atoms with Gasteiger partial charge in [0.2, 0.25) is 0 Å². The third-order valence-electron chi connectivity index (χ3n) is 4.58. The van der Waals surface area contributed by atoms with E-state index in [1.165, 1.54) is 12.5 Å². The summed E-state index contributed by atoms with van der Waals surface area (Å²) in [5.41, 5.74) is 0. The first kappa shape index (κ1) is 25.9. The Hall–Kier alpha value is 0.860. The van der Waals surface area contributed by atoms with Crippen LogP contribution in [0.5, 0.6) is 0 Å². The summed E-state index contributed by atoms with van der Waals surface area (Å²) in [6.45, 7) is 0. The molecule has 0 aromatic carbocycles. The second-order valence-corrected chi connectivity index (χ2v) is 19.5. The molecule has 3 unspecified atom stereocenters. The van der Waals surface area contributed by atoms with E-state index in [1.54, 1.807) is 0 Å². The first-order valence-corrected chi connectivity index (χ1v) is 18.3. The van der Waals surface area contributed by atoms with Crippen molar-refractivity contribution >= 4 is 59.3 Å². The van der Waals surface area contributed by atoms with Gasteiger partial charge in [-0.15, -0.1) is 0 Å². The predicted octanol–water partition coefficient (Wildman–Crippen LogP) is 3.11. The fraction of sp³-hybridized carbons (Fsp3) is 1.00. The normalized spacial score (nSPS) is 24.8. The van der Waals surface area contributed by atoms with E-state index >= 15 is 0 Å². The number of hydrogen-bond acceptors (Lipinski definition) is 9. The molecule has 1 N–H and O–H groups in total. The molecule has 27 heavy (non-hydrogen) atoms. The van der Waals surface area contributed by atoms with Gasteiger partial charge in [-0.1, -0.05) is 6.42 Å².